The van der Waals surface area contributed by atoms with Gasteiger partial charge in [-0.2, -0.15) is 4.31 Å². The highest BCUT2D eigenvalue weighted by Gasteiger charge is 2.36. The number of urea groups is 1. The van der Waals surface area contributed by atoms with Gasteiger partial charge in [0.15, 0.2) is 0 Å². The lowest BCUT2D eigenvalue weighted by Crippen LogP contribution is -2.56. The first kappa shape index (κ1) is 25.9. The zero-order valence-corrected chi connectivity index (χ0v) is 21.3. The maximum atomic E-state index is 13.5. The first-order valence-corrected chi connectivity index (χ1v) is 13.5. The van der Waals surface area contributed by atoms with Gasteiger partial charge in [0.05, 0.1) is 11.5 Å². The first-order valence-electron chi connectivity index (χ1n) is 12.0. The highest BCUT2D eigenvalue weighted by molar-refractivity contribution is 7.89. The number of ether oxygens (including phenoxy) is 1. The molecule has 1 unspecified atom stereocenters. The predicted molar refractivity (Wildman–Crippen MR) is 139 cm³/mol. The smallest absolute Gasteiger partial charge is 0.324 e. The number of benzene rings is 2. The zero-order chi connectivity index (χ0) is 25.9. The molecule has 0 aromatic heterocycles. The molecular formula is C25H34N6O4S. The van der Waals surface area contributed by atoms with Crippen LogP contribution in [0, 0.1) is 17.2 Å². The van der Waals surface area contributed by atoms with E-state index in [2.05, 4.69) is 0 Å². The number of nitrogens with zero attached hydrogens (tertiary/aromatic N) is 3. The summed E-state index contributed by atoms with van der Waals surface area (Å²) in [5, 5.41) is 7.73. The van der Waals surface area contributed by atoms with Gasteiger partial charge in [-0.25, -0.2) is 13.2 Å². The van der Waals surface area contributed by atoms with Gasteiger partial charge in [0, 0.05) is 62.7 Å². The molecule has 0 radical (unpaired) electrons. The van der Waals surface area contributed by atoms with Crippen LogP contribution in [0.15, 0.2) is 53.4 Å². The van der Waals surface area contributed by atoms with Gasteiger partial charge in [-0.15, -0.1) is 0 Å². The van der Waals surface area contributed by atoms with Crippen LogP contribution in [0.1, 0.15) is 18.4 Å². The highest BCUT2D eigenvalue weighted by Crippen LogP contribution is 2.28. The Morgan fingerprint density at radius 1 is 1.08 bits per heavy atom. The molecule has 2 heterocycles. The number of nitrogen functional groups attached to an aromatic ring is 2. The number of amidine groups is 1. The van der Waals surface area contributed by atoms with Crippen LogP contribution < -0.4 is 16.4 Å². The fourth-order valence-corrected chi connectivity index (χ4v) is 6.50. The van der Waals surface area contributed by atoms with Crippen LogP contribution in [0.2, 0.25) is 0 Å². The molecule has 2 aliphatic rings. The number of amides is 2. The number of anilines is 2. The number of nitrogens with one attached hydrogen (secondary N) is 1. The summed E-state index contributed by atoms with van der Waals surface area (Å²) in [6.45, 7) is 2.96. The Hall–Kier alpha value is -3.15. The van der Waals surface area contributed by atoms with E-state index in [1.807, 2.05) is 11.0 Å². The minimum absolute atomic E-state index is 0.0495. The van der Waals surface area contributed by atoms with E-state index in [1.165, 1.54) is 10.4 Å². The Labute approximate surface area is 212 Å². The van der Waals surface area contributed by atoms with Crippen LogP contribution in [-0.4, -0.2) is 75.9 Å². The third-order valence-corrected chi connectivity index (χ3v) is 8.73. The summed E-state index contributed by atoms with van der Waals surface area (Å²) < 4.78 is 33.0. The largest absolute Gasteiger partial charge is 0.399 e. The van der Waals surface area contributed by atoms with Crippen LogP contribution in [0.5, 0.6) is 0 Å². The van der Waals surface area contributed by atoms with Gasteiger partial charge in [0.2, 0.25) is 10.0 Å². The average molecular weight is 515 g/mol. The van der Waals surface area contributed by atoms with Crippen molar-refractivity contribution in [3.63, 3.8) is 0 Å². The van der Waals surface area contributed by atoms with Crippen LogP contribution in [0.25, 0.3) is 0 Å². The molecule has 36 heavy (non-hydrogen) atoms. The number of rotatable bonds is 8. The monoisotopic (exact) mass is 514 g/mol. The molecule has 11 heteroatoms. The number of sulfonamides is 1. The summed E-state index contributed by atoms with van der Waals surface area (Å²) in [5.41, 5.74) is 13.1. The van der Waals surface area contributed by atoms with E-state index in [1.54, 1.807) is 48.4 Å². The summed E-state index contributed by atoms with van der Waals surface area (Å²) >= 11 is 0. The van der Waals surface area contributed by atoms with Gasteiger partial charge in [0.25, 0.3) is 0 Å². The SMILES string of the molecule is COCC1CN(CC2CCN(S(=O)(=O)c3cccc(N)c3)CC2)C(=O)N(c2cccc(C(=N)N)c2)C1. The van der Waals surface area contributed by atoms with Gasteiger partial charge in [-0.3, -0.25) is 10.3 Å². The van der Waals surface area contributed by atoms with E-state index < -0.39 is 10.0 Å². The van der Waals surface area contributed by atoms with Crippen molar-refractivity contribution >= 4 is 33.3 Å². The van der Waals surface area contributed by atoms with E-state index in [-0.39, 0.29) is 28.6 Å². The van der Waals surface area contributed by atoms with Crippen molar-refractivity contribution in [1.29, 1.82) is 5.41 Å². The lowest BCUT2D eigenvalue weighted by atomic mass is 9.96. The van der Waals surface area contributed by atoms with E-state index in [4.69, 9.17) is 21.6 Å². The summed E-state index contributed by atoms with van der Waals surface area (Å²) in [7, 11) is -1.95. The number of piperidine rings is 1. The fourth-order valence-electron chi connectivity index (χ4n) is 4.97. The average Bonchev–Trinajstić information content (AvgIpc) is 2.86. The quantitative estimate of drug-likeness (QED) is 0.280. The number of carbonyl (C=O) groups excluding carboxylic acids is 1. The second kappa shape index (κ2) is 10.9. The zero-order valence-electron chi connectivity index (χ0n) is 20.5. The molecule has 2 saturated heterocycles. The van der Waals surface area contributed by atoms with E-state index in [9.17, 15) is 13.2 Å². The van der Waals surface area contributed by atoms with Gasteiger partial charge in [0.1, 0.15) is 5.84 Å². The van der Waals surface area contributed by atoms with Gasteiger partial charge >= 0.3 is 6.03 Å². The summed E-state index contributed by atoms with van der Waals surface area (Å²) in [6.07, 6.45) is 1.33. The third kappa shape index (κ3) is 5.63. The van der Waals surface area contributed by atoms with Crippen LogP contribution >= 0.6 is 0 Å². The predicted octanol–water partition coefficient (Wildman–Crippen LogP) is 2.16. The fraction of sp³-hybridized carbons (Fsp3) is 0.440. The number of carbonyl (C=O) groups is 1. The molecule has 10 nitrogen and oxygen atoms in total. The van der Waals surface area contributed by atoms with E-state index in [0.717, 1.165) is 0 Å². The maximum Gasteiger partial charge on any atom is 0.324 e. The Balaban J connectivity index is 1.44. The Morgan fingerprint density at radius 3 is 2.47 bits per heavy atom. The second-order valence-electron chi connectivity index (χ2n) is 9.50. The molecule has 5 N–H and O–H groups in total. The number of nitrogens with two attached hydrogens (primary N) is 2. The Bertz CT molecular complexity index is 1210. The molecule has 0 saturated carbocycles. The molecular weight excluding hydrogens is 480 g/mol. The van der Waals surface area contributed by atoms with E-state index in [0.29, 0.717) is 69.1 Å². The van der Waals surface area contributed by atoms with Crippen LogP contribution in [0.3, 0.4) is 0 Å². The minimum atomic E-state index is -3.60. The molecule has 0 aliphatic carbocycles. The standard InChI is InChI=1S/C25H34N6O4S/c1-35-17-19-15-29(25(32)31(16-19)22-6-2-4-20(12-22)24(27)28)14-18-8-10-30(11-9-18)36(33,34)23-7-3-5-21(26)13-23/h2-7,12-13,18-19H,8-11,14-17,26H2,1H3,(H3,27,28). The Morgan fingerprint density at radius 2 is 1.81 bits per heavy atom. The molecule has 2 aromatic carbocycles. The van der Waals surface area contributed by atoms with Gasteiger partial charge in [-0.1, -0.05) is 18.2 Å². The van der Waals surface area contributed by atoms with Crippen molar-refractivity contribution < 1.29 is 17.9 Å². The molecule has 1 atom stereocenters. The summed E-state index contributed by atoms with van der Waals surface area (Å²) in [5.74, 6) is 0.261. The normalized spacial score (nSPS) is 20.0. The Kier molecular flexibility index (Phi) is 7.82. The van der Waals surface area contributed by atoms with Crippen molar-refractivity contribution in [1.82, 2.24) is 9.21 Å². The van der Waals surface area contributed by atoms with Gasteiger partial charge < -0.3 is 21.1 Å². The lowest BCUT2D eigenvalue weighted by Gasteiger charge is -2.42. The van der Waals surface area contributed by atoms with Crippen molar-refractivity contribution in [2.24, 2.45) is 17.6 Å². The highest BCUT2D eigenvalue weighted by atomic mass is 32.2. The van der Waals surface area contributed by atoms with Crippen LogP contribution in [-0.2, 0) is 14.8 Å². The minimum Gasteiger partial charge on any atom is -0.399 e. The van der Waals surface area contributed by atoms with Crippen molar-refractivity contribution in [3.05, 3.63) is 54.1 Å². The number of methoxy groups -OCH3 is 1. The van der Waals surface area contributed by atoms with E-state index >= 15 is 0 Å². The summed E-state index contributed by atoms with van der Waals surface area (Å²) in [4.78, 5) is 17.3. The molecule has 2 aliphatic heterocycles. The maximum absolute atomic E-state index is 13.5. The van der Waals surface area contributed by atoms with Crippen molar-refractivity contribution in [3.8, 4) is 0 Å². The molecule has 194 valence electrons. The third-order valence-electron chi connectivity index (χ3n) is 6.84. The first-order chi connectivity index (χ1) is 17.2. The van der Waals surface area contributed by atoms with Crippen molar-refractivity contribution in [2.75, 3.05) is 57.1 Å². The molecule has 2 amide bonds. The van der Waals surface area contributed by atoms with Gasteiger partial charge in [-0.05, 0) is 49.1 Å². The van der Waals surface area contributed by atoms with Crippen LogP contribution in [0.4, 0.5) is 16.2 Å². The molecule has 2 fully saturated rings. The van der Waals surface area contributed by atoms with Crippen molar-refractivity contribution in [2.45, 2.75) is 17.7 Å². The summed E-state index contributed by atoms with van der Waals surface area (Å²) in [6, 6.07) is 13.4. The molecule has 0 bridgehead atoms. The lowest BCUT2D eigenvalue weighted by molar-refractivity contribution is 0.105. The number of hydrogen-bond acceptors (Lipinski definition) is 6. The molecule has 2 aromatic rings. The number of hydrogen-bond donors (Lipinski definition) is 3. The second-order valence-corrected chi connectivity index (χ2v) is 11.4. The topological polar surface area (TPSA) is 146 Å². The molecule has 4 rings (SSSR count). The molecule has 0 spiro atoms.